The van der Waals surface area contributed by atoms with Gasteiger partial charge in [0, 0.05) is 6.54 Å². The van der Waals surface area contributed by atoms with Gasteiger partial charge in [0.05, 0.1) is 5.41 Å². The van der Waals surface area contributed by atoms with E-state index in [-0.39, 0.29) is 11.8 Å². The summed E-state index contributed by atoms with van der Waals surface area (Å²) in [6.45, 7) is 6.28. The number of rotatable bonds is 2. The van der Waals surface area contributed by atoms with Crippen molar-refractivity contribution >= 4 is 5.97 Å². The third kappa shape index (κ3) is 3.41. The van der Waals surface area contributed by atoms with E-state index < -0.39 is 17.1 Å². The lowest BCUT2D eigenvalue weighted by Crippen LogP contribution is -2.54. The number of nitrogens with one attached hydrogen (secondary N) is 1. The Morgan fingerprint density at radius 2 is 2.00 bits per heavy atom. The molecule has 2 N–H and O–H groups in total. The number of hydrogen-bond donors (Lipinski definition) is 2. The first-order valence-corrected chi connectivity index (χ1v) is 7.14. The van der Waals surface area contributed by atoms with E-state index in [0.717, 1.165) is 0 Å². The largest absolute Gasteiger partial charge is 0.457 e. The van der Waals surface area contributed by atoms with Gasteiger partial charge < -0.3 is 15.2 Å². The molecule has 21 heavy (non-hydrogen) atoms. The maximum absolute atomic E-state index is 13.1. The summed E-state index contributed by atoms with van der Waals surface area (Å²) in [5, 5.41) is 14.1. The van der Waals surface area contributed by atoms with Gasteiger partial charge in [0.25, 0.3) is 0 Å². The first-order valence-electron chi connectivity index (χ1n) is 7.14. The maximum atomic E-state index is 13.1. The van der Waals surface area contributed by atoms with Crippen LogP contribution in [-0.2, 0) is 15.1 Å². The zero-order chi connectivity index (χ0) is 15.7. The molecule has 0 aliphatic carbocycles. The highest BCUT2D eigenvalue weighted by Crippen LogP contribution is 2.34. The summed E-state index contributed by atoms with van der Waals surface area (Å²) in [6.07, 6.45) is -0.288. The first kappa shape index (κ1) is 15.9. The monoisotopic (exact) mass is 295 g/mol. The van der Waals surface area contributed by atoms with Crippen LogP contribution in [0.3, 0.4) is 0 Å². The van der Waals surface area contributed by atoms with Gasteiger partial charge in [0.2, 0.25) is 0 Å². The van der Waals surface area contributed by atoms with Crippen LogP contribution in [0.25, 0.3) is 0 Å². The molecule has 0 radical (unpaired) electrons. The predicted molar refractivity (Wildman–Crippen MR) is 77.1 cm³/mol. The van der Waals surface area contributed by atoms with Crippen LogP contribution in [0.1, 0.15) is 32.8 Å². The Bertz CT molecular complexity index is 509. The van der Waals surface area contributed by atoms with Crippen molar-refractivity contribution in [1.29, 1.82) is 0 Å². The summed E-state index contributed by atoms with van der Waals surface area (Å²) < 4.78 is 18.6. The van der Waals surface area contributed by atoms with Crippen molar-refractivity contribution in [3.05, 3.63) is 35.6 Å². The molecular formula is C16H22FNO3. The van der Waals surface area contributed by atoms with Crippen molar-refractivity contribution in [2.75, 3.05) is 13.1 Å². The number of aliphatic hydroxyl groups is 1. The third-order valence-electron chi connectivity index (χ3n) is 3.75. The van der Waals surface area contributed by atoms with E-state index in [1.54, 1.807) is 32.9 Å². The summed E-state index contributed by atoms with van der Waals surface area (Å²) in [7, 11) is 0. The van der Waals surface area contributed by atoms with Crippen LogP contribution in [0.15, 0.2) is 24.3 Å². The second-order valence-corrected chi connectivity index (χ2v) is 6.53. The molecule has 0 bridgehead atoms. The molecule has 1 saturated heterocycles. The molecule has 4 nitrogen and oxygen atoms in total. The Labute approximate surface area is 124 Å². The number of ether oxygens (including phenoxy) is 1. The molecule has 0 aromatic heterocycles. The highest BCUT2D eigenvalue weighted by atomic mass is 19.1. The molecule has 1 fully saturated rings. The van der Waals surface area contributed by atoms with Gasteiger partial charge in [-0.15, -0.1) is 0 Å². The van der Waals surface area contributed by atoms with Crippen LogP contribution in [0.5, 0.6) is 0 Å². The summed E-state index contributed by atoms with van der Waals surface area (Å²) >= 11 is 0. The molecule has 0 unspecified atom stereocenters. The fourth-order valence-electron chi connectivity index (χ4n) is 2.36. The zero-order valence-electron chi connectivity index (χ0n) is 12.6. The van der Waals surface area contributed by atoms with Gasteiger partial charge in [-0.3, -0.25) is 4.79 Å². The van der Waals surface area contributed by atoms with E-state index >= 15 is 0 Å². The van der Waals surface area contributed by atoms with Gasteiger partial charge in [-0.05, 0) is 51.4 Å². The lowest BCUT2D eigenvalue weighted by molar-refractivity contribution is -0.179. The van der Waals surface area contributed by atoms with Crippen LogP contribution in [-0.4, -0.2) is 30.3 Å². The third-order valence-corrected chi connectivity index (χ3v) is 3.75. The summed E-state index contributed by atoms with van der Waals surface area (Å²) in [4.78, 5) is 12.1. The van der Waals surface area contributed by atoms with E-state index in [1.807, 2.05) is 0 Å². The quantitative estimate of drug-likeness (QED) is 0.819. The molecule has 0 spiro atoms. The van der Waals surface area contributed by atoms with Gasteiger partial charge in [-0.2, -0.15) is 0 Å². The number of carbonyl (C=O) groups is 1. The lowest BCUT2D eigenvalue weighted by atomic mass is 9.82. The second kappa shape index (κ2) is 5.73. The summed E-state index contributed by atoms with van der Waals surface area (Å²) in [5.41, 5.74) is -1.36. The fraction of sp³-hybridized carbons (Fsp3) is 0.562. The summed E-state index contributed by atoms with van der Waals surface area (Å²) in [5.74, 6) is -0.726. The minimum absolute atomic E-state index is 0.362. The van der Waals surface area contributed by atoms with E-state index in [4.69, 9.17) is 4.74 Å². The smallest absolute Gasteiger partial charge is 0.311 e. The van der Waals surface area contributed by atoms with E-state index in [2.05, 4.69) is 5.32 Å². The van der Waals surface area contributed by atoms with Crippen molar-refractivity contribution in [3.8, 4) is 0 Å². The van der Waals surface area contributed by atoms with Gasteiger partial charge >= 0.3 is 5.97 Å². The highest BCUT2D eigenvalue weighted by Gasteiger charge is 2.44. The van der Waals surface area contributed by atoms with Crippen LogP contribution in [0, 0.1) is 11.2 Å². The second-order valence-electron chi connectivity index (χ2n) is 6.53. The molecule has 1 heterocycles. The molecule has 2 rings (SSSR count). The number of benzene rings is 1. The average molecular weight is 295 g/mol. The lowest BCUT2D eigenvalue weighted by Gasteiger charge is -2.40. The molecule has 1 aliphatic rings. The highest BCUT2D eigenvalue weighted by molar-refractivity contribution is 5.75. The Morgan fingerprint density at radius 3 is 2.57 bits per heavy atom. The Kier molecular flexibility index (Phi) is 4.35. The zero-order valence-corrected chi connectivity index (χ0v) is 12.6. The fourth-order valence-corrected chi connectivity index (χ4v) is 2.36. The maximum Gasteiger partial charge on any atom is 0.311 e. The van der Waals surface area contributed by atoms with Crippen LogP contribution in [0.4, 0.5) is 4.39 Å². The number of hydrogen-bond acceptors (Lipinski definition) is 4. The van der Waals surface area contributed by atoms with Crippen molar-refractivity contribution in [1.82, 2.24) is 5.32 Å². The predicted octanol–water partition coefficient (Wildman–Crippen LogP) is 1.96. The molecule has 0 saturated carbocycles. The molecule has 2 atom stereocenters. The number of piperidine rings is 1. The molecule has 1 aliphatic heterocycles. The van der Waals surface area contributed by atoms with Gasteiger partial charge in [0.15, 0.2) is 0 Å². The van der Waals surface area contributed by atoms with Gasteiger partial charge in [0.1, 0.15) is 17.5 Å². The van der Waals surface area contributed by atoms with Gasteiger partial charge in [-0.25, -0.2) is 4.39 Å². The molecule has 0 amide bonds. The van der Waals surface area contributed by atoms with Gasteiger partial charge in [-0.1, -0.05) is 12.1 Å². The van der Waals surface area contributed by atoms with E-state index in [0.29, 0.717) is 25.1 Å². The SMILES string of the molecule is CC(C)(C)C(=O)O[C@@H]1CNCC[C@@]1(O)c1ccc(F)cc1. The number of carbonyl (C=O) groups excluding carboxylic acids is 1. The Balaban J connectivity index is 2.25. The normalized spacial score (nSPS) is 26.4. The number of halogens is 1. The topological polar surface area (TPSA) is 58.6 Å². The molecule has 116 valence electrons. The number of esters is 1. The first-order chi connectivity index (χ1) is 9.73. The molecule has 5 heteroatoms. The standard InChI is InChI=1S/C16H22FNO3/c1-15(2,3)14(19)21-13-10-18-9-8-16(13,20)11-4-6-12(17)7-5-11/h4-7,13,18,20H,8-10H2,1-3H3/t13-,16-/m1/s1. The minimum Gasteiger partial charge on any atom is -0.457 e. The molecule has 1 aromatic carbocycles. The van der Waals surface area contributed by atoms with Crippen LogP contribution >= 0.6 is 0 Å². The minimum atomic E-state index is -1.29. The molecular weight excluding hydrogens is 273 g/mol. The summed E-state index contributed by atoms with van der Waals surface area (Å²) in [6, 6.07) is 5.69. The van der Waals surface area contributed by atoms with Crippen molar-refractivity contribution < 1.29 is 19.0 Å². The van der Waals surface area contributed by atoms with Crippen LogP contribution < -0.4 is 5.32 Å². The van der Waals surface area contributed by atoms with Crippen molar-refractivity contribution in [3.63, 3.8) is 0 Å². The average Bonchev–Trinajstić information content (AvgIpc) is 2.41. The Morgan fingerprint density at radius 1 is 1.38 bits per heavy atom. The van der Waals surface area contributed by atoms with Crippen molar-refractivity contribution in [2.24, 2.45) is 5.41 Å². The van der Waals surface area contributed by atoms with E-state index in [9.17, 15) is 14.3 Å². The molecule has 1 aromatic rings. The van der Waals surface area contributed by atoms with Crippen molar-refractivity contribution in [2.45, 2.75) is 38.9 Å². The Hall–Kier alpha value is -1.46. The van der Waals surface area contributed by atoms with E-state index in [1.165, 1.54) is 12.1 Å². The van der Waals surface area contributed by atoms with Crippen LogP contribution in [0.2, 0.25) is 0 Å².